The third-order valence-corrected chi connectivity index (χ3v) is 5.45. The summed E-state index contributed by atoms with van der Waals surface area (Å²) < 4.78 is 45.3. The summed E-state index contributed by atoms with van der Waals surface area (Å²) in [5, 5.41) is 3.19. The van der Waals surface area contributed by atoms with E-state index in [1.54, 1.807) is 0 Å². The van der Waals surface area contributed by atoms with Crippen LogP contribution in [0.2, 0.25) is 0 Å². The van der Waals surface area contributed by atoms with Gasteiger partial charge < -0.3 is 9.36 Å². The molecule has 0 radical (unpaired) electrons. The Bertz CT molecular complexity index is 1100. The molecule has 0 fully saturated rings. The molecule has 0 saturated heterocycles. The van der Waals surface area contributed by atoms with E-state index in [0.29, 0.717) is 48.5 Å². The highest BCUT2D eigenvalue weighted by atomic mass is 19.4. The quantitative estimate of drug-likeness (QED) is 0.367. The van der Waals surface area contributed by atoms with Gasteiger partial charge in [-0.3, -0.25) is 4.79 Å². The average Bonchev–Trinajstić information content (AvgIpc) is 3.18. The SMILES string of the molecule is CCCc1cc2c(C(F)(F)F)noc2c(CCC)c1ONC(=O)Cc1ccc(C(C)C)cc1. The smallest absolute Gasteiger partial charge is 0.379 e. The third kappa shape index (κ3) is 5.67. The van der Waals surface area contributed by atoms with Crippen LogP contribution in [0.4, 0.5) is 13.2 Å². The van der Waals surface area contributed by atoms with E-state index in [-0.39, 0.29) is 23.3 Å². The Morgan fingerprint density at radius 2 is 1.79 bits per heavy atom. The molecule has 0 atom stereocenters. The number of hydrogen-bond donors (Lipinski definition) is 1. The average molecular weight is 463 g/mol. The van der Waals surface area contributed by atoms with Crippen molar-refractivity contribution in [2.45, 2.75) is 71.9 Å². The van der Waals surface area contributed by atoms with E-state index >= 15 is 0 Å². The summed E-state index contributed by atoms with van der Waals surface area (Å²) in [6.07, 6.45) is -2.26. The van der Waals surface area contributed by atoms with Crippen LogP contribution < -0.4 is 10.3 Å². The lowest BCUT2D eigenvalue weighted by molar-refractivity contribution is -0.141. The van der Waals surface area contributed by atoms with Crippen LogP contribution in [-0.2, 0) is 30.2 Å². The summed E-state index contributed by atoms with van der Waals surface area (Å²) in [5.41, 5.74) is 4.52. The number of rotatable bonds is 9. The lowest BCUT2D eigenvalue weighted by Gasteiger charge is -2.16. The van der Waals surface area contributed by atoms with Crippen LogP contribution in [0, 0.1) is 0 Å². The summed E-state index contributed by atoms with van der Waals surface area (Å²) in [6.45, 7) is 8.02. The summed E-state index contributed by atoms with van der Waals surface area (Å²) in [4.78, 5) is 18.2. The van der Waals surface area contributed by atoms with E-state index in [9.17, 15) is 18.0 Å². The van der Waals surface area contributed by atoms with Crippen molar-refractivity contribution < 1.29 is 27.3 Å². The molecule has 1 heterocycles. The van der Waals surface area contributed by atoms with Gasteiger partial charge in [0, 0.05) is 5.56 Å². The molecule has 3 aromatic rings. The van der Waals surface area contributed by atoms with E-state index in [0.717, 1.165) is 5.56 Å². The third-order valence-electron chi connectivity index (χ3n) is 5.45. The van der Waals surface area contributed by atoms with E-state index in [1.165, 1.54) is 11.6 Å². The van der Waals surface area contributed by atoms with Crippen LogP contribution in [0.1, 0.15) is 74.4 Å². The molecule has 5 nitrogen and oxygen atoms in total. The van der Waals surface area contributed by atoms with Crippen molar-refractivity contribution in [1.82, 2.24) is 10.6 Å². The molecule has 1 aromatic heterocycles. The van der Waals surface area contributed by atoms with Gasteiger partial charge in [0.05, 0.1) is 11.8 Å². The molecule has 0 saturated carbocycles. The van der Waals surface area contributed by atoms with Crippen molar-refractivity contribution in [3.63, 3.8) is 0 Å². The summed E-state index contributed by atoms with van der Waals surface area (Å²) in [5.74, 6) is 0.375. The van der Waals surface area contributed by atoms with Gasteiger partial charge in [-0.25, -0.2) is 0 Å². The van der Waals surface area contributed by atoms with Crippen molar-refractivity contribution in [2.75, 3.05) is 0 Å². The Morgan fingerprint density at radius 1 is 1.12 bits per heavy atom. The number of hydroxylamine groups is 1. The molecule has 0 spiro atoms. The second-order valence-electron chi connectivity index (χ2n) is 8.45. The second kappa shape index (κ2) is 10.3. The molecular formula is C25H29F3N2O3. The monoisotopic (exact) mass is 462 g/mol. The van der Waals surface area contributed by atoms with E-state index in [2.05, 4.69) is 24.5 Å². The molecule has 8 heteroatoms. The highest BCUT2D eigenvalue weighted by Crippen LogP contribution is 2.40. The fraction of sp³-hybridized carbons (Fsp3) is 0.440. The Hall–Kier alpha value is -3.03. The Labute approximate surface area is 191 Å². The van der Waals surface area contributed by atoms with Crippen molar-refractivity contribution in [1.29, 1.82) is 0 Å². The van der Waals surface area contributed by atoms with Gasteiger partial charge >= 0.3 is 6.18 Å². The Kier molecular flexibility index (Phi) is 7.66. The van der Waals surface area contributed by atoms with Gasteiger partial charge in [-0.15, -0.1) is 0 Å². The molecule has 0 aliphatic heterocycles. The fourth-order valence-electron chi connectivity index (χ4n) is 3.80. The number of carbonyl (C=O) groups is 1. The molecule has 0 unspecified atom stereocenters. The summed E-state index contributed by atoms with van der Waals surface area (Å²) >= 11 is 0. The van der Waals surface area contributed by atoms with E-state index < -0.39 is 11.9 Å². The number of nitrogens with zero attached hydrogens (tertiary/aromatic N) is 1. The van der Waals surface area contributed by atoms with E-state index in [1.807, 2.05) is 38.1 Å². The zero-order valence-electron chi connectivity index (χ0n) is 19.3. The van der Waals surface area contributed by atoms with Gasteiger partial charge in [0.1, 0.15) is 0 Å². The number of aromatic nitrogens is 1. The van der Waals surface area contributed by atoms with Gasteiger partial charge in [-0.2, -0.15) is 18.7 Å². The molecule has 1 N–H and O–H groups in total. The first-order valence-electron chi connectivity index (χ1n) is 11.2. The number of halogens is 3. The number of carbonyl (C=O) groups excluding carboxylic acids is 1. The van der Waals surface area contributed by atoms with Crippen LogP contribution in [0.5, 0.6) is 5.75 Å². The Morgan fingerprint density at radius 3 is 2.36 bits per heavy atom. The molecule has 0 bridgehead atoms. The van der Waals surface area contributed by atoms with Gasteiger partial charge in [0.15, 0.2) is 17.0 Å². The Balaban J connectivity index is 1.88. The number of hydrogen-bond acceptors (Lipinski definition) is 4. The van der Waals surface area contributed by atoms with Crippen LogP contribution in [-0.4, -0.2) is 11.1 Å². The molecule has 0 aliphatic rings. The first-order chi connectivity index (χ1) is 15.7. The van der Waals surface area contributed by atoms with Crippen molar-refractivity contribution in [3.8, 4) is 5.75 Å². The van der Waals surface area contributed by atoms with Crippen molar-refractivity contribution in [3.05, 3.63) is 58.3 Å². The number of nitrogens with one attached hydrogen (secondary N) is 1. The van der Waals surface area contributed by atoms with Crippen LogP contribution >= 0.6 is 0 Å². The van der Waals surface area contributed by atoms with Crippen LogP contribution in [0.15, 0.2) is 34.9 Å². The molecule has 1 amide bonds. The molecule has 2 aromatic carbocycles. The maximum Gasteiger partial charge on any atom is 0.437 e. The minimum Gasteiger partial charge on any atom is -0.379 e. The minimum absolute atomic E-state index is 0.0394. The standard InChI is InChI=1S/C25H29F3N2O3/c1-5-7-18-14-20-23(33-30-24(20)25(26,27)28)19(8-6-2)22(18)32-29-21(31)13-16-9-11-17(12-10-16)15(3)4/h9-12,14-15H,5-8,13H2,1-4H3,(H,29,31). The maximum atomic E-state index is 13.4. The highest BCUT2D eigenvalue weighted by molar-refractivity contribution is 5.87. The van der Waals surface area contributed by atoms with Gasteiger partial charge in [-0.1, -0.05) is 70.0 Å². The van der Waals surface area contributed by atoms with Gasteiger partial charge in [0.2, 0.25) is 0 Å². The van der Waals surface area contributed by atoms with E-state index in [4.69, 9.17) is 9.36 Å². The van der Waals surface area contributed by atoms with Crippen molar-refractivity contribution in [2.24, 2.45) is 0 Å². The first kappa shape index (κ1) is 24.6. The number of fused-ring (bicyclic) bond motifs is 1. The van der Waals surface area contributed by atoms with Crippen LogP contribution in [0.3, 0.4) is 0 Å². The highest BCUT2D eigenvalue weighted by Gasteiger charge is 2.38. The lowest BCUT2D eigenvalue weighted by atomic mass is 9.98. The molecule has 178 valence electrons. The molecule has 3 rings (SSSR count). The second-order valence-corrected chi connectivity index (χ2v) is 8.45. The minimum atomic E-state index is -4.63. The fourth-order valence-corrected chi connectivity index (χ4v) is 3.80. The first-order valence-corrected chi connectivity index (χ1v) is 11.2. The lowest BCUT2D eigenvalue weighted by Crippen LogP contribution is -2.29. The number of aryl methyl sites for hydroxylation is 2. The summed E-state index contributed by atoms with van der Waals surface area (Å²) in [7, 11) is 0. The number of alkyl halides is 3. The molecular weight excluding hydrogens is 433 g/mol. The van der Waals surface area contributed by atoms with Gasteiger partial charge in [0.25, 0.3) is 5.91 Å². The van der Waals surface area contributed by atoms with Crippen molar-refractivity contribution >= 4 is 16.9 Å². The normalized spacial score (nSPS) is 11.9. The largest absolute Gasteiger partial charge is 0.437 e. The zero-order chi connectivity index (χ0) is 24.2. The molecule has 0 aliphatic carbocycles. The predicted molar refractivity (Wildman–Crippen MR) is 120 cm³/mol. The van der Waals surface area contributed by atoms with Gasteiger partial charge in [-0.05, 0) is 41.5 Å². The summed E-state index contributed by atoms with van der Waals surface area (Å²) in [6, 6.07) is 9.19. The number of amides is 1. The topological polar surface area (TPSA) is 64.4 Å². The predicted octanol–water partition coefficient (Wildman–Crippen LogP) is 6.53. The zero-order valence-corrected chi connectivity index (χ0v) is 19.3. The number of benzene rings is 2. The molecule has 33 heavy (non-hydrogen) atoms. The maximum absolute atomic E-state index is 13.4. The van der Waals surface area contributed by atoms with Crippen LogP contribution in [0.25, 0.3) is 11.0 Å².